The van der Waals surface area contributed by atoms with Crippen molar-refractivity contribution in [3.63, 3.8) is 0 Å². The Balaban J connectivity index is 1.82. The summed E-state index contributed by atoms with van der Waals surface area (Å²) in [5.74, 6) is 0. The number of hydrogen-bond donors (Lipinski definition) is 0. The van der Waals surface area contributed by atoms with Crippen LogP contribution in [0.3, 0.4) is 0 Å². The van der Waals surface area contributed by atoms with Gasteiger partial charge in [-0.05, 0) is 50.5 Å². The van der Waals surface area contributed by atoms with Crippen LogP contribution in [0.25, 0.3) is 16.6 Å². The number of carbonyl (C=O) groups is 1. The number of imidazole rings is 1. The quantitative estimate of drug-likeness (QED) is 0.800. The lowest BCUT2D eigenvalue weighted by Crippen LogP contribution is -2.39. The number of fused-ring (bicyclic) bond motifs is 1. The van der Waals surface area contributed by atoms with Crippen molar-refractivity contribution in [3.8, 4) is 0 Å². The maximum atomic E-state index is 12.2. The molecule has 1 amide bonds. The normalized spacial score (nSPS) is 15.4. The molecule has 1 aromatic heterocycles. The van der Waals surface area contributed by atoms with E-state index < -0.39 is 5.60 Å². The van der Waals surface area contributed by atoms with Gasteiger partial charge in [-0.3, -0.25) is 9.13 Å². The maximum absolute atomic E-state index is 12.2. The van der Waals surface area contributed by atoms with Crippen LogP contribution in [0.1, 0.15) is 32.8 Å². The van der Waals surface area contributed by atoms with Gasteiger partial charge in [-0.25, -0.2) is 9.59 Å². The van der Waals surface area contributed by atoms with Gasteiger partial charge in [0.15, 0.2) is 0 Å². The van der Waals surface area contributed by atoms with Gasteiger partial charge in [0, 0.05) is 27.2 Å². The van der Waals surface area contributed by atoms with Gasteiger partial charge >= 0.3 is 11.8 Å². The first kappa shape index (κ1) is 17.3. The van der Waals surface area contributed by atoms with Gasteiger partial charge in [-0.1, -0.05) is 12.1 Å². The lowest BCUT2D eigenvalue weighted by atomic mass is 9.99. The fourth-order valence-electron chi connectivity index (χ4n) is 3.13. The number of aromatic nitrogens is 2. The molecule has 0 atom stereocenters. The molecule has 0 radical (unpaired) electrons. The third-order valence-electron chi connectivity index (χ3n) is 4.50. The molecule has 0 saturated carbocycles. The van der Waals surface area contributed by atoms with Crippen molar-refractivity contribution in [3.05, 3.63) is 40.3 Å². The predicted molar refractivity (Wildman–Crippen MR) is 98.6 cm³/mol. The monoisotopic (exact) mass is 343 g/mol. The Morgan fingerprint density at radius 1 is 1.12 bits per heavy atom. The highest BCUT2D eigenvalue weighted by Crippen LogP contribution is 2.26. The Morgan fingerprint density at radius 3 is 2.40 bits per heavy atom. The second-order valence-corrected chi connectivity index (χ2v) is 7.51. The van der Waals surface area contributed by atoms with Crippen molar-refractivity contribution >= 4 is 22.7 Å². The van der Waals surface area contributed by atoms with Gasteiger partial charge in [0.05, 0.1) is 11.0 Å². The minimum atomic E-state index is -0.482. The zero-order valence-electron chi connectivity index (χ0n) is 15.5. The highest BCUT2D eigenvalue weighted by atomic mass is 16.6. The first-order valence-electron chi connectivity index (χ1n) is 8.50. The van der Waals surface area contributed by atoms with Gasteiger partial charge in [0.25, 0.3) is 0 Å². The van der Waals surface area contributed by atoms with Crippen LogP contribution in [0, 0.1) is 0 Å². The van der Waals surface area contributed by atoms with Crippen molar-refractivity contribution in [1.82, 2.24) is 14.0 Å². The van der Waals surface area contributed by atoms with Crippen LogP contribution in [-0.2, 0) is 18.8 Å². The van der Waals surface area contributed by atoms with Crippen molar-refractivity contribution in [1.29, 1.82) is 0 Å². The van der Waals surface area contributed by atoms with Gasteiger partial charge < -0.3 is 9.64 Å². The zero-order chi connectivity index (χ0) is 18.4. The molecule has 2 heterocycles. The molecule has 1 aromatic carbocycles. The van der Waals surface area contributed by atoms with Crippen LogP contribution in [0.2, 0.25) is 0 Å². The summed E-state index contributed by atoms with van der Waals surface area (Å²) in [5.41, 5.74) is 3.62. The van der Waals surface area contributed by atoms with E-state index >= 15 is 0 Å². The summed E-state index contributed by atoms with van der Waals surface area (Å²) >= 11 is 0. The standard InChI is InChI=1S/C19H25N3O3/c1-19(2,3)25-18(24)22-10-8-13(9-11-22)14-6-7-15-16(12-14)21(5)17(23)20(15)4/h6-8,12H,9-11H2,1-5H3. The molecule has 0 aliphatic carbocycles. The van der Waals surface area contributed by atoms with Gasteiger partial charge in [0.2, 0.25) is 0 Å². The van der Waals surface area contributed by atoms with Crippen LogP contribution >= 0.6 is 0 Å². The molecule has 0 saturated heterocycles. The van der Waals surface area contributed by atoms with E-state index in [0.29, 0.717) is 13.1 Å². The van der Waals surface area contributed by atoms with Crippen LogP contribution < -0.4 is 5.69 Å². The smallest absolute Gasteiger partial charge is 0.410 e. The molecule has 25 heavy (non-hydrogen) atoms. The average Bonchev–Trinajstić information content (AvgIpc) is 2.78. The molecule has 0 fully saturated rings. The molecular formula is C19H25N3O3. The molecule has 1 aliphatic rings. The number of hydrogen-bond acceptors (Lipinski definition) is 3. The summed E-state index contributed by atoms with van der Waals surface area (Å²) in [6.45, 7) is 6.78. The Hall–Kier alpha value is -2.50. The SMILES string of the molecule is Cn1c(=O)n(C)c2cc(C3=CCN(C(=O)OC(C)(C)C)CC3)ccc21. The van der Waals surface area contributed by atoms with Crippen LogP contribution in [0.4, 0.5) is 4.79 Å². The molecule has 134 valence electrons. The highest BCUT2D eigenvalue weighted by molar-refractivity contribution is 5.82. The van der Waals surface area contributed by atoms with Crippen molar-refractivity contribution < 1.29 is 9.53 Å². The zero-order valence-corrected chi connectivity index (χ0v) is 15.5. The van der Waals surface area contributed by atoms with E-state index in [1.54, 1.807) is 28.1 Å². The second kappa shape index (κ2) is 6.10. The molecule has 3 rings (SSSR count). The van der Waals surface area contributed by atoms with E-state index in [4.69, 9.17) is 4.74 Å². The van der Waals surface area contributed by atoms with Crippen molar-refractivity contribution in [2.24, 2.45) is 14.1 Å². The summed E-state index contributed by atoms with van der Waals surface area (Å²) < 4.78 is 8.74. The number of nitrogens with zero attached hydrogens (tertiary/aromatic N) is 3. The number of benzene rings is 1. The summed E-state index contributed by atoms with van der Waals surface area (Å²) in [6.07, 6.45) is 2.56. The topological polar surface area (TPSA) is 56.5 Å². The Bertz CT molecular complexity index is 912. The van der Waals surface area contributed by atoms with E-state index in [1.807, 2.05) is 39.0 Å². The molecular weight excluding hydrogens is 318 g/mol. The molecule has 0 unspecified atom stereocenters. The van der Waals surface area contributed by atoms with E-state index in [2.05, 4.69) is 6.08 Å². The Morgan fingerprint density at radius 2 is 1.80 bits per heavy atom. The van der Waals surface area contributed by atoms with Crippen molar-refractivity contribution in [2.45, 2.75) is 32.8 Å². The van der Waals surface area contributed by atoms with E-state index in [9.17, 15) is 9.59 Å². The molecule has 0 spiro atoms. The van der Waals surface area contributed by atoms with E-state index in [-0.39, 0.29) is 11.8 Å². The number of ether oxygens (including phenoxy) is 1. The van der Waals surface area contributed by atoms with Crippen molar-refractivity contribution in [2.75, 3.05) is 13.1 Å². The maximum Gasteiger partial charge on any atom is 0.410 e. The van der Waals surface area contributed by atoms with Crippen LogP contribution in [-0.4, -0.2) is 38.8 Å². The van der Waals surface area contributed by atoms with Gasteiger partial charge in [-0.15, -0.1) is 0 Å². The van der Waals surface area contributed by atoms with E-state index in [0.717, 1.165) is 23.0 Å². The highest BCUT2D eigenvalue weighted by Gasteiger charge is 2.24. The molecule has 0 bridgehead atoms. The van der Waals surface area contributed by atoms with Crippen LogP contribution in [0.5, 0.6) is 0 Å². The molecule has 6 heteroatoms. The second-order valence-electron chi connectivity index (χ2n) is 7.51. The third-order valence-corrected chi connectivity index (χ3v) is 4.50. The fourth-order valence-corrected chi connectivity index (χ4v) is 3.13. The van der Waals surface area contributed by atoms with Gasteiger partial charge in [0.1, 0.15) is 5.60 Å². The minimum Gasteiger partial charge on any atom is -0.444 e. The number of amides is 1. The van der Waals surface area contributed by atoms with Gasteiger partial charge in [-0.2, -0.15) is 0 Å². The summed E-state index contributed by atoms with van der Waals surface area (Å²) in [7, 11) is 3.57. The molecule has 6 nitrogen and oxygen atoms in total. The number of rotatable bonds is 1. The summed E-state index contributed by atoms with van der Waals surface area (Å²) in [5, 5.41) is 0. The van der Waals surface area contributed by atoms with Crippen LogP contribution in [0.15, 0.2) is 29.1 Å². The number of carbonyl (C=O) groups excluding carboxylic acids is 1. The Kier molecular flexibility index (Phi) is 4.22. The first-order chi connectivity index (χ1) is 11.7. The summed E-state index contributed by atoms with van der Waals surface area (Å²) in [6, 6.07) is 6.07. The van der Waals surface area contributed by atoms with E-state index in [1.165, 1.54) is 5.57 Å². The molecule has 0 N–H and O–H groups in total. The minimum absolute atomic E-state index is 0.0270. The fraction of sp³-hybridized carbons (Fsp3) is 0.474. The summed E-state index contributed by atoms with van der Waals surface area (Å²) in [4.78, 5) is 25.9. The predicted octanol–water partition coefficient (Wildman–Crippen LogP) is 2.90. The third kappa shape index (κ3) is 3.34. The Labute approximate surface area is 147 Å². The largest absolute Gasteiger partial charge is 0.444 e. The lowest BCUT2D eigenvalue weighted by Gasteiger charge is -2.29. The lowest BCUT2D eigenvalue weighted by molar-refractivity contribution is 0.0270. The molecule has 2 aromatic rings. The number of aryl methyl sites for hydroxylation is 2. The average molecular weight is 343 g/mol. The first-order valence-corrected chi connectivity index (χ1v) is 8.50. The molecule has 1 aliphatic heterocycles.